The predicted octanol–water partition coefficient (Wildman–Crippen LogP) is 16.2. The number of carbonyl (C=O) groups excluding carboxylic acids is 1. The van der Waals surface area contributed by atoms with Crippen LogP contribution in [0.4, 0.5) is 0 Å². The Morgan fingerprint density at radius 3 is 1.13 bits per heavy atom. The van der Waals surface area contributed by atoms with Crippen LogP contribution in [-0.4, -0.2) is 12.6 Å². The Morgan fingerprint density at radius 1 is 0.426 bits per heavy atom. The summed E-state index contributed by atoms with van der Waals surface area (Å²) in [5.74, 6) is 0.905. The maximum Gasteiger partial charge on any atom is 0.305 e. The molecule has 0 aromatic rings. The highest BCUT2D eigenvalue weighted by Crippen LogP contribution is 2.17. The summed E-state index contributed by atoms with van der Waals surface area (Å²) in [6, 6.07) is 0. The average Bonchev–Trinajstić information content (AvgIpc) is 3.06. The van der Waals surface area contributed by atoms with E-state index in [-0.39, 0.29) is 5.97 Å². The Morgan fingerprint density at radius 2 is 0.745 bits per heavy atom. The fourth-order valence-electron chi connectivity index (χ4n) is 6.77. The highest BCUT2D eigenvalue weighted by molar-refractivity contribution is 5.69. The Hall–Kier alpha value is -0.790. The number of rotatable bonds is 40. The zero-order valence-electron chi connectivity index (χ0n) is 32.9. The van der Waals surface area contributed by atoms with Gasteiger partial charge in [-0.15, -0.1) is 0 Å². The number of carbonyl (C=O) groups is 1. The maximum atomic E-state index is 11.9. The molecule has 0 fully saturated rings. The summed E-state index contributed by atoms with van der Waals surface area (Å²) >= 11 is 0. The first-order chi connectivity index (χ1) is 23.2. The van der Waals surface area contributed by atoms with Crippen LogP contribution in [0, 0.1) is 5.92 Å². The lowest BCUT2D eigenvalue weighted by Gasteiger charge is -2.06. The molecule has 0 heterocycles. The molecule has 0 saturated carbocycles. The topological polar surface area (TPSA) is 26.3 Å². The second-order valence-corrected chi connectivity index (χ2v) is 15.5. The molecule has 0 aromatic heterocycles. The van der Waals surface area contributed by atoms with Crippen LogP contribution < -0.4 is 0 Å². The maximum absolute atomic E-state index is 11.9. The SMILES string of the molecule is CCCC/C=C\CCCCCCCC(=O)OCCCCCCCCCCCCCCCCCCCCCCCCCCCCC(C)C. The number of esters is 1. The van der Waals surface area contributed by atoms with Crippen molar-refractivity contribution in [3.05, 3.63) is 12.2 Å². The van der Waals surface area contributed by atoms with Crippen LogP contribution >= 0.6 is 0 Å². The van der Waals surface area contributed by atoms with Gasteiger partial charge in [-0.05, 0) is 38.0 Å². The second-order valence-electron chi connectivity index (χ2n) is 15.5. The number of unbranched alkanes of at least 4 members (excludes halogenated alkanes) is 32. The van der Waals surface area contributed by atoms with E-state index in [0.717, 1.165) is 25.2 Å². The quantitative estimate of drug-likeness (QED) is 0.0371. The van der Waals surface area contributed by atoms with E-state index in [1.54, 1.807) is 0 Å². The molecule has 2 nitrogen and oxygen atoms in total. The van der Waals surface area contributed by atoms with E-state index < -0.39 is 0 Å². The summed E-state index contributed by atoms with van der Waals surface area (Å²) < 4.78 is 5.45. The zero-order chi connectivity index (χ0) is 34.1. The van der Waals surface area contributed by atoms with Gasteiger partial charge in [0.1, 0.15) is 0 Å². The lowest BCUT2D eigenvalue weighted by molar-refractivity contribution is -0.143. The number of ether oxygens (including phenoxy) is 1. The largest absolute Gasteiger partial charge is 0.466 e. The monoisotopic (exact) mass is 661 g/mol. The molecule has 0 aliphatic carbocycles. The molecule has 0 unspecified atom stereocenters. The first-order valence-electron chi connectivity index (χ1n) is 22.0. The molecule has 280 valence electrons. The summed E-state index contributed by atoms with van der Waals surface area (Å²) in [7, 11) is 0. The van der Waals surface area contributed by atoms with Crippen LogP contribution in [0.3, 0.4) is 0 Å². The van der Waals surface area contributed by atoms with E-state index in [0.29, 0.717) is 13.0 Å². The minimum atomic E-state index is 0.0173. The predicted molar refractivity (Wildman–Crippen MR) is 211 cm³/mol. The molecule has 47 heavy (non-hydrogen) atoms. The van der Waals surface area contributed by atoms with Crippen molar-refractivity contribution < 1.29 is 9.53 Å². The minimum absolute atomic E-state index is 0.0173. The molecule has 0 rings (SSSR count). The molecule has 0 atom stereocenters. The van der Waals surface area contributed by atoms with Crippen molar-refractivity contribution in [1.29, 1.82) is 0 Å². The lowest BCUT2D eigenvalue weighted by Crippen LogP contribution is -2.05. The van der Waals surface area contributed by atoms with Gasteiger partial charge in [0.05, 0.1) is 6.61 Å². The van der Waals surface area contributed by atoms with Crippen molar-refractivity contribution >= 4 is 5.97 Å². The summed E-state index contributed by atoms with van der Waals surface area (Å²) in [6.45, 7) is 7.56. The highest BCUT2D eigenvalue weighted by Gasteiger charge is 2.03. The Labute approximate surface area is 297 Å². The summed E-state index contributed by atoms with van der Waals surface area (Å²) in [5, 5.41) is 0. The van der Waals surface area contributed by atoms with E-state index in [4.69, 9.17) is 4.74 Å². The van der Waals surface area contributed by atoms with E-state index in [1.165, 1.54) is 212 Å². The molecule has 0 N–H and O–H groups in total. The standard InChI is InChI=1S/C45H88O2/c1-4-5-6-7-8-9-26-30-33-36-39-42-45(46)47-43-40-37-34-31-28-25-23-21-19-17-15-13-11-10-12-14-16-18-20-22-24-27-29-32-35-38-41-44(2)3/h7-8,44H,4-6,9-43H2,1-3H3/b8-7-. The Balaban J connectivity index is 3.14. The van der Waals surface area contributed by atoms with E-state index in [1.807, 2.05) is 0 Å². The van der Waals surface area contributed by atoms with Crippen LogP contribution in [0.1, 0.15) is 258 Å². The van der Waals surface area contributed by atoms with Gasteiger partial charge in [0, 0.05) is 6.42 Å². The van der Waals surface area contributed by atoms with Crippen molar-refractivity contribution in [3.8, 4) is 0 Å². The molecule has 0 aliphatic rings. The third kappa shape index (κ3) is 43.2. The zero-order valence-corrected chi connectivity index (χ0v) is 32.9. The first kappa shape index (κ1) is 46.2. The normalized spacial score (nSPS) is 11.7. The third-order valence-corrected chi connectivity index (χ3v) is 10.1. The molecule has 0 spiro atoms. The molecule has 2 heteroatoms. The van der Waals surface area contributed by atoms with Crippen LogP contribution in [-0.2, 0) is 9.53 Å². The first-order valence-corrected chi connectivity index (χ1v) is 22.0. The van der Waals surface area contributed by atoms with Gasteiger partial charge in [-0.2, -0.15) is 0 Å². The van der Waals surface area contributed by atoms with Gasteiger partial charge in [-0.1, -0.05) is 232 Å². The molecule has 0 aliphatic heterocycles. The van der Waals surface area contributed by atoms with Crippen molar-refractivity contribution in [2.75, 3.05) is 6.61 Å². The smallest absolute Gasteiger partial charge is 0.305 e. The average molecular weight is 661 g/mol. The summed E-state index contributed by atoms with van der Waals surface area (Å²) in [5.41, 5.74) is 0. The van der Waals surface area contributed by atoms with Crippen molar-refractivity contribution in [2.24, 2.45) is 5.92 Å². The molecule has 0 bridgehead atoms. The molecule has 0 saturated heterocycles. The Kier molecular flexibility index (Phi) is 40.7. The van der Waals surface area contributed by atoms with Gasteiger partial charge in [-0.3, -0.25) is 4.79 Å². The Bertz CT molecular complexity index is 609. The van der Waals surface area contributed by atoms with Crippen molar-refractivity contribution in [2.45, 2.75) is 258 Å². The molecular weight excluding hydrogens is 572 g/mol. The van der Waals surface area contributed by atoms with Crippen LogP contribution in [0.25, 0.3) is 0 Å². The van der Waals surface area contributed by atoms with Crippen LogP contribution in [0.5, 0.6) is 0 Å². The van der Waals surface area contributed by atoms with Crippen LogP contribution in [0.15, 0.2) is 12.2 Å². The van der Waals surface area contributed by atoms with Crippen molar-refractivity contribution in [3.63, 3.8) is 0 Å². The van der Waals surface area contributed by atoms with E-state index in [2.05, 4.69) is 32.9 Å². The van der Waals surface area contributed by atoms with Gasteiger partial charge < -0.3 is 4.74 Å². The van der Waals surface area contributed by atoms with E-state index >= 15 is 0 Å². The fraction of sp³-hybridized carbons (Fsp3) is 0.933. The third-order valence-electron chi connectivity index (χ3n) is 10.1. The van der Waals surface area contributed by atoms with E-state index in [9.17, 15) is 4.79 Å². The number of allylic oxidation sites excluding steroid dienone is 2. The highest BCUT2D eigenvalue weighted by atomic mass is 16.5. The summed E-state index contributed by atoms with van der Waals surface area (Å²) in [6.07, 6.45) is 54.7. The number of hydrogen-bond donors (Lipinski definition) is 0. The van der Waals surface area contributed by atoms with Gasteiger partial charge >= 0.3 is 5.97 Å². The summed E-state index contributed by atoms with van der Waals surface area (Å²) in [4.78, 5) is 11.9. The lowest BCUT2D eigenvalue weighted by atomic mass is 10.0. The molecule has 0 aromatic carbocycles. The minimum Gasteiger partial charge on any atom is -0.466 e. The van der Waals surface area contributed by atoms with Crippen LogP contribution in [0.2, 0.25) is 0 Å². The van der Waals surface area contributed by atoms with Gasteiger partial charge in [-0.25, -0.2) is 0 Å². The van der Waals surface area contributed by atoms with Gasteiger partial charge in [0.25, 0.3) is 0 Å². The number of hydrogen-bond acceptors (Lipinski definition) is 2. The molecule has 0 radical (unpaired) electrons. The van der Waals surface area contributed by atoms with Crippen molar-refractivity contribution in [1.82, 2.24) is 0 Å². The van der Waals surface area contributed by atoms with Gasteiger partial charge in [0.15, 0.2) is 0 Å². The second kappa shape index (κ2) is 41.4. The molecular formula is C45H88O2. The fourth-order valence-corrected chi connectivity index (χ4v) is 6.77. The van der Waals surface area contributed by atoms with Gasteiger partial charge in [0.2, 0.25) is 0 Å². The molecule has 0 amide bonds.